The summed E-state index contributed by atoms with van der Waals surface area (Å²) in [4.78, 5) is 22.9. The van der Waals surface area contributed by atoms with E-state index in [0.717, 1.165) is 11.1 Å². The number of hydrogen-bond acceptors (Lipinski definition) is 4. The zero-order chi connectivity index (χ0) is 17.6. The first-order valence-corrected chi connectivity index (χ1v) is 7.78. The summed E-state index contributed by atoms with van der Waals surface area (Å²) in [5.41, 5.74) is 10.2. The largest absolute Gasteiger partial charge is 0.453 e. The lowest BCUT2D eigenvalue weighted by Crippen LogP contribution is -2.25. The number of hydrogen-bond donors (Lipinski definition) is 2. The van der Waals surface area contributed by atoms with E-state index < -0.39 is 12.1 Å². The van der Waals surface area contributed by atoms with Crippen LogP contribution in [0.5, 0.6) is 0 Å². The second-order valence-corrected chi connectivity index (χ2v) is 5.51. The zero-order valence-corrected chi connectivity index (χ0v) is 13.4. The fourth-order valence-electron chi connectivity index (χ4n) is 2.60. The van der Waals surface area contributed by atoms with Gasteiger partial charge in [0.05, 0.1) is 11.3 Å². The summed E-state index contributed by atoms with van der Waals surface area (Å²) in [5.74, 6) is -0.352. The number of amides is 2. The van der Waals surface area contributed by atoms with Gasteiger partial charge in [-0.3, -0.25) is 0 Å². The third kappa shape index (κ3) is 4.11. The van der Waals surface area contributed by atoms with Gasteiger partial charge in [-0.1, -0.05) is 54.6 Å². The molecule has 1 unspecified atom stereocenters. The lowest BCUT2D eigenvalue weighted by Gasteiger charge is -2.10. The first-order valence-electron chi connectivity index (χ1n) is 7.78. The van der Waals surface area contributed by atoms with Gasteiger partial charge in [-0.2, -0.15) is 5.10 Å². The van der Waals surface area contributed by atoms with Crippen LogP contribution in [0.4, 0.5) is 4.79 Å². The molecule has 126 valence electrons. The molecule has 0 aliphatic carbocycles. The predicted octanol–water partition coefficient (Wildman–Crippen LogP) is 3.03. The molecule has 1 atom stereocenters. The van der Waals surface area contributed by atoms with Crippen molar-refractivity contribution in [2.75, 3.05) is 0 Å². The molecule has 0 fully saturated rings. The Balaban J connectivity index is 1.81. The first-order chi connectivity index (χ1) is 12.1. The van der Waals surface area contributed by atoms with E-state index in [-0.39, 0.29) is 5.97 Å². The van der Waals surface area contributed by atoms with Crippen molar-refractivity contribution in [3.63, 3.8) is 0 Å². The molecule has 1 heterocycles. The number of benzene rings is 2. The second-order valence-electron chi connectivity index (χ2n) is 5.51. The summed E-state index contributed by atoms with van der Waals surface area (Å²) in [6, 6.07) is 16.1. The van der Waals surface area contributed by atoms with E-state index in [1.54, 1.807) is 18.2 Å². The van der Waals surface area contributed by atoms with Crippen LogP contribution in [0.15, 0.2) is 65.8 Å². The molecule has 2 amide bonds. The number of primary amides is 1. The molecule has 0 bridgehead atoms. The number of rotatable bonds is 5. The maximum Gasteiger partial charge on any atom is 0.339 e. The van der Waals surface area contributed by atoms with Gasteiger partial charge >= 0.3 is 12.0 Å². The van der Waals surface area contributed by atoms with Gasteiger partial charge in [0.15, 0.2) is 0 Å². The minimum atomic E-state index is -0.755. The van der Waals surface area contributed by atoms with Gasteiger partial charge in [0, 0.05) is 12.0 Å². The molecule has 3 N–H and O–H groups in total. The summed E-state index contributed by atoms with van der Waals surface area (Å²) in [5, 5.41) is 4.01. The van der Waals surface area contributed by atoms with Crippen LogP contribution in [-0.4, -0.2) is 17.7 Å². The van der Waals surface area contributed by atoms with Crippen LogP contribution in [0.25, 0.3) is 6.08 Å². The number of esters is 1. The maximum atomic E-state index is 11.9. The van der Waals surface area contributed by atoms with Crippen LogP contribution in [-0.2, 0) is 4.74 Å². The van der Waals surface area contributed by atoms with Crippen molar-refractivity contribution in [1.82, 2.24) is 5.43 Å². The second kappa shape index (κ2) is 7.44. The highest BCUT2D eigenvalue weighted by Crippen LogP contribution is 2.33. The quantitative estimate of drug-likeness (QED) is 0.499. The molecule has 3 rings (SSSR count). The molecule has 0 radical (unpaired) electrons. The number of allylic oxidation sites excluding steroid dienone is 1. The van der Waals surface area contributed by atoms with Crippen LogP contribution in [0.1, 0.15) is 34.0 Å². The summed E-state index contributed by atoms with van der Waals surface area (Å²) < 4.78 is 5.42. The van der Waals surface area contributed by atoms with Crippen LogP contribution >= 0.6 is 0 Å². The monoisotopic (exact) mass is 335 g/mol. The van der Waals surface area contributed by atoms with Crippen molar-refractivity contribution >= 4 is 23.8 Å². The highest BCUT2D eigenvalue weighted by molar-refractivity contribution is 6.00. The Morgan fingerprint density at radius 3 is 2.64 bits per heavy atom. The summed E-state index contributed by atoms with van der Waals surface area (Å²) in [6.07, 6.45) is 3.51. The van der Waals surface area contributed by atoms with Crippen molar-refractivity contribution in [2.45, 2.75) is 12.5 Å². The fraction of sp³-hybridized carbons (Fsp3) is 0.105. The van der Waals surface area contributed by atoms with E-state index in [4.69, 9.17) is 10.5 Å². The van der Waals surface area contributed by atoms with Gasteiger partial charge in [0.25, 0.3) is 0 Å². The van der Waals surface area contributed by atoms with Crippen molar-refractivity contribution < 1.29 is 14.3 Å². The SMILES string of the molecule is NC(=O)NN=C(C=Cc1ccccc1)CC1OC(=O)c2ccccc21. The zero-order valence-electron chi connectivity index (χ0n) is 13.4. The van der Waals surface area contributed by atoms with Crippen molar-refractivity contribution in [2.24, 2.45) is 10.8 Å². The lowest BCUT2D eigenvalue weighted by molar-refractivity contribution is 0.0400. The van der Waals surface area contributed by atoms with E-state index in [1.165, 1.54) is 0 Å². The molecule has 1 aliphatic heterocycles. The smallest absolute Gasteiger partial charge is 0.339 e. The molecule has 6 heteroatoms. The lowest BCUT2D eigenvalue weighted by atomic mass is 10.0. The number of carbonyl (C=O) groups is 2. The molecular weight excluding hydrogens is 318 g/mol. The van der Waals surface area contributed by atoms with Gasteiger partial charge in [0.1, 0.15) is 6.10 Å². The number of nitrogens with two attached hydrogens (primary N) is 1. The maximum absolute atomic E-state index is 11.9. The number of fused-ring (bicyclic) bond motifs is 1. The van der Waals surface area contributed by atoms with Crippen LogP contribution in [0, 0.1) is 0 Å². The molecule has 0 aromatic heterocycles. The number of ether oxygens (including phenoxy) is 1. The highest BCUT2D eigenvalue weighted by Gasteiger charge is 2.31. The molecule has 2 aromatic carbocycles. The number of urea groups is 1. The topological polar surface area (TPSA) is 93.8 Å². The minimum Gasteiger partial charge on any atom is -0.453 e. The van der Waals surface area contributed by atoms with E-state index in [9.17, 15) is 9.59 Å². The van der Waals surface area contributed by atoms with Crippen LogP contribution < -0.4 is 11.2 Å². The van der Waals surface area contributed by atoms with Gasteiger partial charge in [-0.05, 0) is 17.7 Å². The van der Waals surface area contributed by atoms with Gasteiger partial charge in [-0.25, -0.2) is 15.0 Å². The van der Waals surface area contributed by atoms with E-state index >= 15 is 0 Å². The standard InChI is InChI=1S/C19H17N3O3/c20-19(24)22-21-14(11-10-13-6-2-1-3-7-13)12-17-15-8-4-5-9-16(15)18(23)25-17/h1-11,17H,12H2,(H3,20,22,24). The molecule has 1 aliphatic rings. The Kier molecular flexibility index (Phi) is 4.89. The third-order valence-corrected chi connectivity index (χ3v) is 3.75. The number of hydrazone groups is 1. The first kappa shape index (κ1) is 16.4. The van der Waals surface area contributed by atoms with Crippen LogP contribution in [0.2, 0.25) is 0 Å². The Bertz CT molecular complexity index is 844. The Hall–Kier alpha value is -3.41. The Labute approximate surface area is 145 Å². The number of nitrogens with zero attached hydrogens (tertiary/aromatic N) is 1. The van der Waals surface area contributed by atoms with Crippen molar-refractivity contribution in [1.29, 1.82) is 0 Å². The molecule has 0 saturated heterocycles. The van der Waals surface area contributed by atoms with Crippen LogP contribution in [0.3, 0.4) is 0 Å². The molecule has 0 spiro atoms. The normalized spacial score (nSPS) is 16.6. The Morgan fingerprint density at radius 2 is 1.88 bits per heavy atom. The summed E-state index contributed by atoms with van der Waals surface area (Å²) >= 11 is 0. The van der Waals surface area contributed by atoms with Gasteiger partial charge in [-0.15, -0.1) is 0 Å². The number of carbonyl (C=O) groups excluding carboxylic acids is 2. The molecule has 6 nitrogen and oxygen atoms in total. The molecule has 2 aromatic rings. The fourth-order valence-corrected chi connectivity index (χ4v) is 2.60. The average Bonchev–Trinajstić information content (AvgIpc) is 2.94. The summed E-state index contributed by atoms with van der Waals surface area (Å²) in [7, 11) is 0. The molecule has 25 heavy (non-hydrogen) atoms. The van der Waals surface area contributed by atoms with E-state index in [1.807, 2.05) is 48.5 Å². The average molecular weight is 335 g/mol. The predicted molar refractivity (Wildman–Crippen MR) is 94.8 cm³/mol. The van der Waals surface area contributed by atoms with Crippen molar-refractivity contribution in [3.8, 4) is 0 Å². The Morgan fingerprint density at radius 1 is 1.16 bits per heavy atom. The van der Waals surface area contributed by atoms with Gasteiger partial charge < -0.3 is 10.5 Å². The minimum absolute atomic E-state index is 0.326. The molecular formula is C19H17N3O3. The van der Waals surface area contributed by atoms with E-state index in [2.05, 4.69) is 10.5 Å². The summed E-state index contributed by atoms with van der Waals surface area (Å²) in [6.45, 7) is 0. The van der Waals surface area contributed by atoms with Gasteiger partial charge in [0.2, 0.25) is 0 Å². The number of nitrogens with one attached hydrogen (secondary N) is 1. The number of cyclic esters (lactones) is 1. The van der Waals surface area contributed by atoms with Crippen molar-refractivity contribution in [3.05, 3.63) is 77.4 Å². The third-order valence-electron chi connectivity index (χ3n) is 3.75. The van der Waals surface area contributed by atoms with E-state index in [0.29, 0.717) is 17.7 Å². The molecule has 0 saturated carbocycles. The highest BCUT2D eigenvalue weighted by atomic mass is 16.5.